The Balaban J connectivity index is 2.57. The fourth-order valence-electron chi connectivity index (χ4n) is 1.90. The molecule has 2 aromatic heterocycles. The summed E-state index contributed by atoms with van der Waals surface area (Å²) >= 11 is 0. The van der Waals surface area contributed by atoms with Crippen molar-refractivity contribution in [2.24, 2.45) is 0 Å². The molecule has 0 unspecified atom stereocenters. The molecule has 7 heteroatoms. The molecule has 4 nitrogen and oxygen atoms in total. The molecule has 0 fully saturated rings. The Morgan fingerprint density at radius 3 is 2.45 bits per heavy atom. The zero-order valence-corrected chi connectivity index (χ0v) is 12.3. The molecular formula is C15H15F3N2O2. The average molecular weight is 312 g/mol. The summed E-state index contributed by atoms with van der Waals surface area (Å²) in [5.41, 5.74) is -2.30. The van der Waals surface area contributed by atoms with E-state index >= 15 is 0 Å². The van der Waals surface area contributed by atoms with Crippen molar-refractivity contribution in [2.45, 2.75) is 32.5 Å². The summed E-state index contributed by atoms with van der Waals surface area (Å²) in [5, 5.41) is 0. The van der Waals surface area contributed by atoms with Gasteiger partial charge in [0.1, 0.15) is 5.60 Å². The number of ether oxygens (including phenoxy) is 1. The largest absolute Gasteiger partial charge is 0.473 e. The van der Waals surface area contributed by atoms with Gasteiger partial charge in [0.15, 0.2) is 17.0 Å². The third kappa shape index (κ3) is 3.87. The Labute approximate surface area is 125 Å². The second-order valence-corrected chi connectivity index (χ2v) is 5.71. The lowest BCUT2D eigenvalue weighted by Gasteiger charge is -2.21. The zero-order chi connectivity index (χ0) is 16.5. The van der Waals surface area contributed by atoms with E-state index in [0.717, 1.165) is 12.3 Å². The number of aromatic amines is 1. The van der Waals surface area contributed by atoms with Crippen molar-refractivity contribution < 1.29 is 17.9 Å². The number of aromatic nitrogens is 2. The van der Waals surface area contributed by atoms with E-state index < -0.39 is 22.9 Å². The molecule has 0 saturated carbocycles. The molecule has 22 heavy (non-hydrogen) atoms. The van der Waals surface area contributed by atoms with Crippen LogP contribution in [0.1, 0.15) is 26.5 Å². The van der Waals surface area contributed by atoms with E-state index in [1.54, 1.807) is 20.8 Å². The Morgan fingerprint density at radius 1 is 1.18 bits per heavy atom. The van der Waals surface area contributed by atoms with Gasteiger partial charge in [-0.2, -0.15) is 13.2 Å². The van der Waals surface area contributed by atoms with E-state index in [1.165, 1.54) is 18.2 Å². The van der Waals surface area contributed by atoms with Gasteiger partial charge < -0.3 is 9.72 Å². The van der Waals surface area contributed by atoms with Crippen LogP contribution in [0.3, 0.4) is 0 Å². The van der Waals surface area contributed by atoms with Crippen molar-refractivity contribution in [2.75, 3.05) is 0 Å². The fraction of sp³-hybridized carbons (Fsp3) is 0.333. The number of nitrogens with zero attached hydrogens (tertiary/aromatic N) is 1. The minimum absolute atomic E-state index is 0.00664. The molecule has 2 aromatic rings. The van der Waals surface area contributed by atoms with Gasteiger partial charge in [-0.1, -0.05) is 0 Å². The molecule has 0 bridgehead atoms. The van der Waals surface area contributed by atoms with Crippen molar-refractivity contribution in [1.82, 2.24) is 9.97 Å². The highest BCUT2D eigenvalue weighted by Crippen LogP contribution is 2.34. The molecule has 0 aromatic carbocycles. The molecule has 0 aliphatic carbocycles. The Morgan fingerprint density at radius 2 is 1.86 bits per heavy atom. The van der Waals surface area contributed by atoms with Crippen LogP contribution >= 0.6 is 0 Å². The number of alkyl halides is 3. The third-order valence-corrected chi connectivity index (χ3v) is 2.60. The molecule has 0 atom stereocenters. The zero-order valence-electron chi connectivity index (χ0n) is 12.3. The first-order valence-electron chi connectivity index (χ1n) is 6.52. The first-order valence-corrected chi connectivity index (χ1v) is 6.52. The van der Waals surface area contributed by atoms with E-state index in [4.69, 9.17) is 4.74 Å². The minimum atomic E-state index is -4.62. The molecule has 2 rings (SSSR count). The fourth-order valence-corrected chi connectivity index (χ4v) is 1.90. The summed E-state index contributed by atoms with van der Waals surface area (Å²) in [4.78, 5) is 17.8. The van der Waals surface area contributed by atoms with E-state index in [1.807, 2.05) is 0 Å². The van der Waals surface area contributed by atoms with Gasteiger partial charge >= 0.3 is 6.18 Å². The summed E-state index contributed by atoms with van der Waals surface area (Å²) in [6, 6.07) is 4.91. The van der Waals surface area contributed by atoms with Gasteiger partial charge in [0.2, 0.25) is 0 Å². The highest BCUT2D eigenvalue weighted by molar-refractivity contribution is 5.62. The van der Waals surface area contributed by atoms with Gasteiger partial charge in [-0.3, -0.25) is 9.78 Å². The third-order valence-electron chi connectivity index (χ3n) is 2.60. The van der Waals surface area contributed by atoms with E-state index in [2.05, 4.69) is 9.97 Å². The molecule has 0 spiro atoms. The topological polar surface area (TPSA) is 55.0 Å². The van der Waals surface area contributed by atoms with Crippen LogP contribution in [0.2, 0.25) is 0 Å². The smallest absolute Gasteiger partial charge is 0.434 e. The molecule has 118 valence electrons. The maximum absolute atomic E-state index is 13.0. The number of hydrogen-bond acceptors (Lipinski definition) is 3. The summed E-state index contributed by atoms with van der Waals surface area (Å²) in [5.74, 6) is 0.104. The lowest BCUT2D eigenvalue weighted by atomic mass is 10.1. The lowest BCUT2D eigenvalue weighted by Crippen LogP contribution is -2.24. The quantitative estimate of drug-likeness (QED) is 0.921. The Kier molecular flexibility index (Phi) is 4.00. The Bertz CT molecular complexity index is 731. The lowest BCUT2D eigenvalue weighted by molar-refractivity contribution is -0.140. The van der Waals surface area contributed by atoms with Gasteiger partial charge in [0, 0.05) is 23.9 Å². The molecule has 0 amide bonds. The number of H-pyrrole nitrogens is 1. The second-order valence-electron chi connectivity index (χ2n) is 5.71. The van der Waals surface area contributed by atoms with Crippen LogP contribution in [0.25, 0.3) is 11.3 Å². The maximum atomic E-state index is 13.0. The molecular weight excluding hydrogens is 297 g/mol. The number of nitrogens with one attached hydrogen (secondary N) is 1. The van der Waals surface area contributed by atoms with Crippen molar-refractivity contribution in [3.8, 4) is 17.1 Å². The highest BCUT2D eigenvalue weighted by Gasteiger charge is 2.35. The van der Waals surface area contributed by atoms with Crippen LogP contribution in [-0.4, -0.2) is 15.6 Å². The summed E-state index contributed by atoms with van der Waals surface area (Å²) in [7, 11) is 0. The van der Waals surface area contributed by atoms with Gasteiger partial charge in [-0.25, -0.2) is 0 Å². The summed E-state index contributed by atoms with van der Waals surface area (Å²) < 4.78 is 44.6. The van der Waals surface area contributed by atoms with Crippen molar-refractivity contribution in [3.63, 3.8) is 0 Å². The van der Waals surface area contributed by atoms with Gasteiger partial charge in [0.25, 0.3) is 0 Å². The van der Waals surface area contributed by atoms with Crippen molar-refractivity contribution >= 4 is 0 Å². The van der Waals surface area contributed by atoms with Gasteiger partial charge in [0.05, 0.1) is 5.69 Å². The molecule has 0 radical (unpaired) electrons. The standard InChI is InChI=1S/C15H15F3N2O2/c1-14(2,3)22-12-8-9(21)7-11(20-12)10-5-4-6-19-13(10)15(16,17)18/h4-8H,1-3H3,(H,20,21). The normalized spacial score (nSPS) is 12.3. The predicted octanol–water partition coefficient (Wildman–Crippen LogP) is 3.63. The summed E-state index contributed by atoms with van der Waals surface area (Å²) in [6.07, 6.45) is -3.56. The molecule has 0 saturated heterocycles. The molecule has 0 aliphatic heterocycles. The summed E-state index contributed by atoms with van der Waals surface area (Å²) in [6.45, 7) is 5.30. The van der Waals surface area contributed by atoms with Crippen LogP contribution in [-0.2, 0) is 6.18 Å². The first kappa shape index (κ1) is 16.1. The van der Waals surface area contributed by atoms with Crippen LogP contribution in [0.5, 0.6) is 5.88 Å². The van der Waals surface area contributed by atoms with Crippen LogP contribution in [0, 0.1) is 0 Å². The first-order chi connectivity index (χ1) is 10.1. The molecule has 2 heterocycles. The van der Waals surface area contributed by atoms with Crippen molar-refractivity contribution in [3.05, 3.63) is 46.4 Å². The van der Waals surface area contributed by atoms with Gasteiger partial charge in [-0.05, 0) is 32.9 Å². The van der Waals surface area contributed by atoms with Crippen LogP contribution in [0.4, 0.5) is 13.2 Å². The highest BCUT2D eigenvalue weighted by atomic mass is 19.4. The number of hydrogen-bond donors (Lipinski definition) is 1. The van der Waals surface area contributed by atoms with Crippen LogP contribution in [0.15, 0.2) is 35.3 Å². The monoisotopic (exact) mass is 312 g/mol. The number of pyridine rings is 2. The van der Waals surface area contributed by atoms with E-state index in [9.17, 15) is 18.0 Å². The minimum Gasteiger partial charge on any atom is -0.473 e. The number of halogens is 3. The van der Waals surface area contributed by atoms with E-state index in [0.29, 0.717) is 0 Å². The van der Waals surface area contributed by atoms with Gasteiger partial charge in [-0.15, -0.1) is 0 Å². The SMILES string of the molecule is CC(C)(C)Oc1cc(=O)cc(-c2cccnc2C(F)(F)F)[nH]1. The maximum Gasteiger partial charge on any atom is 0.434 e. The van der Waals surface area contributed by atoms with E-state index in [-0.39, 0.29) is 17.1 Å². The van der Waals surface area contributed by atoms with Crippen LogP contribution < -0.4 is 10.2 Å². The average Bonchev–Trinajstić information content (AvgIpc) is 2.35. The predicted molar refractivity (Wildman–Crippen MR) is 75.7 cm³/mol. The Hall–Kier alpha value is -2.31. The second kappa shape index (κ2) is 5.47. The molecule has 1 N–H and O–H groups in total. The molecule has 0 aliphatic rings. The van der Waals surface area contributed by atoms with Crippen molar-refractivity contribution in [1.29, 1.82) is 0 Å². The number of rotatable bonds is 2.